The molecule has 0 spiro atoms. The lowest BCUT2D eigenvalue weighted by molar-refractivity contribution is 1.54. The van der Waals surface area contributed by atoms with E-state index in [1.165, 1.54) is 15.6 Å². The molecule has 68 valence electrons. The topological polar surface area (TPSA) is 26.0 Å². The fourth-order valence-electron chi connectivity index (χ4n) is 1.25. The summed E-state index contributed by atoms with van der Waals surface area (Å²) in [6, 6.07) is 4.10. The summed E-state index contributed by atoms with van der Waals surface area (Å²) in [6.45, 7) is 0. The average Bonchev–Trinajstić information content (AvgIpc) is 2.55. The van der Waals surface area contributed by atoms with Crippen LogP contribution in [0.25, 0.3) is 10.1 Å². The molecular formula is C9H7Br2NS. The van der Waals surface area contributed by atoms with E-state index < -0.39 is 0 Å². The van der Waals surface area contributed by atoms with Gasteiger partial charge in [0.1, 0.15) is 0 Å². The second-order valence-electron chi connectivity index (χ2n) is 2.73. The molecule has 0 unspecified atom stereocenters. The van der Waals surface area contributed by atoms with Gasteiger partial charge in [-0.25, -0.2) is 0 Å². The third-order valence-electron chi connectivity index (χ3n) is 1.95. The van der Waals surface area contributed by atoms with Gasteiger partial charge in [-0.15, -0.1) is 11.3 Å². The van der Waals surface area contributed by atoms with Gasteiger partial charge in [-0.1, -0.05) is 22.0 Å². The van der Waals surface area contributed by atoms with E-state index >= 15 is 0 Å². The Morgan fingerprint density at radius 1 is 1.38 bits per heavy atom. The number of rotatable bonds is 1. The monoisotopic (exact) mass is 319 g/mol. The maximum atomic E-state index is 5.93. The van der Waals surface area contributed by atoms with E-state index in [0.717, 1.165) is 15.5 Å². The SMILES string of the molecule is Nc1c(Br)ccc2c(CBr)csc12. The summed E-state index contributed by atoms with van der Waals surface area (Å²) in [5.41, 5.74) is 8.08. The summed E-state index contributed by atoms with van der Waals surface area (Å²) < 4.78 is 2.15. The quantitative estimate of drug-likeness (QED) is 0.620. The van der Waals surface area contributed by atoms with Gasteiger partial charge in [0.2, 0.25) is 0 Å². The molecule has 2 rings (SSSR count). The van der Waals surface area contributed by atoms with Gasteiger partial charge in [-0.3, -0.25) is 0 Å². The third-order valence-corrected chi connectivity index (χ3v) is 4.33. The van der Waals surface area contributed by atoms with Crippen LogP contribution in [0.3, 0.4) is 0 Å². The Morgan fingerprint density at radius 3 is 2.85 bits per heavy atom. The van der Waals surface area contributed by atoms with Gasteiger partial charge >= 0.3 is 0 Å². The van der Waals surface area contributed by atoms with Crippen molar-refractivity contribution in [3.8, 4) is 0 Å². The molecule has 1 aromatic carbocycles. The van der Waals surface area contributed by atoms with Crippen LogP contribution >= 0.6 is 43.2 Å². The molecule has 0 saturated heterocycles. The molecule has 1 aromatic heterocycles. The van der Waals surface area contributed by atoms with Gasteiger partial charge in [0.15, 0.2) is 0 Å². The van der Waals surface area contributed by atoms with Gasteiger partial charge < -0.3 is 5.73 Å². The van der Waals surface area contributed by atoms with Crippen molar-refractivity contribution >= 4 is 59.0 Å². The van der Waals surface area contributed by atoms with Crippen molar-refractivity contribution in [2.45, 2.75) is 5.33 Å². The van der Waals surface area contributed by atoms with E-state index in [1.807, 2.05) is 6.07 Å². The fraction of sp³-hybridized carbons (Fsp3) is 0.111. The van der Waals surface area contributed by atoms with Gasteiger partial charge in [-0.2, -0.15) is 0 Å². The van der Waals surface area contributed by atoms with Crippen molar-refractivity contribution in [2.24, 2.45) is 0 Å². The molecular weight excluding hydrogens is 314 g/mol. The van der Waals surface area contributed by atoms with Gasteiger partial charge in [-0.05, 0) is 38.3 Å². The van der Waals surface area contributed by atoms with Crippen LogP contribution in [0.2, 0.25) is 0 Å². The first-order chi connectivity index (χ1) is 6.24. The van der Waals surface area contributed by atoms with Crippen molar-refractivity contribution in [1.82, 2.24) is 0 Å². The second-order valence-corrected chi connectivity index (χ2v) is 5.03. The Kier molecular flexibility index (Phi) is 2.62. The van der Waals surface area contributed by atoms with E-state index in [2.05, 4.69) is 43.3 Å². The number of halogens is 2. The van der Waals surface area contributed by atoms with Crippen molar-refractivity contribution < 1.29 is 0 Å². The molecule has 2 aromatic rings. The third kappa shape index (κ3) is 1.51. The van der Waals surface area contributed by atoms with Gasteiger partial charge in [0.25, 0.3) is 0 Å². The lowest BCUT2D eigenvalue weighted by Crippen LogP contribution is -1.86. The molecule has 0 aliphatic rings. The summed E-state index contributed by atoms with van der Waals surface area (Å²) in [6.07, 6.45) is 0. The molecule has 0 atom stereocenters. The Morgan fingerprint density at radius 2 is 2.15 bits per heavy atom. The lowest BCUT2D eigenvalue weighted by Gasteiger charge is -1.99. The first-order valence-electron chi connectivity index (χ1n) is 3.74. The van der Waals surface area contributed by atoms with Crippen LogP contribution in [0, 0.1) is 0 Å². The van der Waals surface area contributed by atoms with Crippen molar-refractivity contribution in [3.63, 3.8) is 0 Å². The normalized spacial score (nSPS) is 10.9. The Hall–Kier alpha value is -0.0600. The summed E-state index contributed by atoms with van der Waals surface area (Å²) in [5, 5.41) is 4.28. The summed E-state index contributed by atoms with van der Waals surface area (Å²) in [5.74, 6) is 0. The molecule has 0 radical (unpaired) electrons. The molecule has 1 heterocycles. The van der Waals surface area contributed by atoms with Crippen LogP contribution in [0.5, 0.6) is 0 Å². The van der Waals surface area contributed by atoms with Crippen LogP contribution in [-0.4, -0.2) is 0 Å². The zero-order chi connectivity index (χ0) is 9.42. The number of nitrogen functional groups attached to an aromatic ring is 1. The maximum Gasteiger partial charge on any atom is 0.0639 e. The number of hydrogen-bond donors (Lipinski definition) is 1. The zero-order valence-corrected chi connectivity index (χ0v) is 10.7. The van der Waals surface area contributed by atoms with E-state index in [1.54, 1.807) is 11.3 Å². The summed E-state index contributed by atoms with van der Waals surface area (Å²) in [4.78, 5) is 0. The standard InChI is InChI=1S/C9H7Br2NS/c10-3-5-4-13-9-6(5)1-2-7(11)8(9)12/h1-2,4H,3,12H2. The first-order valence-corrected chi connectivity index (χ1v) is 6.53. The molecule has 0 aliphatic heterocycles. The molecule has 4 heteroatoms. The highest BCUT2D eigenvalue weighted by Crippen LogP contribution is 2.35. The Balaban J connectivity index is 2.81. The van der Waals surface area contributed by atoms with Crippen molar-refractivity contribution in [2.75, 3.05) is 5.73 Å². The van der Waals surface area contributed by atoms with Crippen LogP contribution in [-0.2, 0) is 5.33 Å². The molecule has 1 nitrogen and oxygen atoms in total. The van der Waals surface area contributed by atoms with Gasteiger partial charge in [0, 0.05) is 9.80 Å². The maximum absolute atomic E-state index is 5.93. The number of thiophene rings is 1. The molecule has 0 fully saturated rings. The Bertz CT molecular complexity index is 450. The Labute approximate surface area is 97.2 Å². The minimum atomic E-state index is 0.842. The minimum absolute atomic E-state index is 0.842. The number of anilines is 1. The van der Waals surface area contributed by atoms with Crippen molar-refractivity contribution in [1.29, 1.82) is 0 Å². The summed E-state index contributed by atoms with van der Waals surface area (Å²) >= 11 is 8.57. The number of fused-ring (bicyclic) bond motifs is 1. The molecule has 0 bridgehead atoms. The molecule has 0 aliphatic carbocycles. The average molecular weight is 321 g/mol. The highest BCUT2D eigenvalue weighted by atomic mass is 79.9. The van der Waals surface area contributed by atoms with Crippen molar-refractivity contribution in [3.05, 3.63) is 27.5 Å². The lowest BCUT2D eigenvalue weighted by atomic mass is 10.2. The van der Waals surface area contributed by atoms with E-state index in [-0.39, 0.29) is 0 Å². The highest BCUT2D eigenvalue weighted by molar-refractivity contribution is 9.10. The van der Waals surface area contributed by atoms with Crippen LogP contribution in [0.15, 0.2) is 22.0 Å². The zero-order valence-electron chi connectivity index (χ0n) is 6.68. The summed E-state index contributed by atoms with van der Waals surface area (Å²) in [7, 11) is 0. The number of nitrogens with two attached hydrogens (primary N) is 1. The smallest absolute Gasteiger partial charge is 0.0639 e. The van der Waals surface area contributed by atoms with E-state index in [9.17, 15) is 0 Å². The molecule has 13 heavy (non-hydrogen) atoms. The molecule has 2 N–H and O–H groups in total. The molecule has 0 saturated carbocycles. The highest BCUT2D eigenvalue weighted by Gasteiger charge is 2.07. The predicted molar refractivity (Wildman–Crippen MR) is 66.6 cm³/mol. The van der Waals surface area contributed by atoms with Crippen LogP contribution < -0.4 is 5.73 Å². The number of benzene rings is 1. The minimum Gasteiger partial charge on any atom is -0.397 e. The first kappa shape index (κ1) is 9.49. The number of alkyl halides is 1. The predicted octanol–water partition coefficient (Wildman–Crippen LogP) is 4.14. The fourth-order valence-corrected chi connectivity index (χ4v) is 3.43. The van der Waals surface area contributed by atoms with E-state index in [0.29, 0.717) is 0 Å². The largest absolute Gasteiger partial charge is 0.397 e. The van der Waals surface area contributed by atoms with Crippen LogP contribution in [0.4, 0.5) is 5.69 Å². The number of hydrogen-bond acceptors (Lipinski definition) is 2. The van der Waals surface area contributed by atoms with Crippen LogP contribution in [0.1, 0.15) is 5.56 Å². The van der Waals surface area contributed by atoms with Gasteiger partial charge in [0.05, 0.1) is 10.4 Å². The second kappa shape index (κ2) is 3.59. The van der Waals surface area contributed by atoms with E-state index in [4.69, 9.17) is 5.73 Å². The molecule has 0 amide bonds.